The van der Waals surface area contributed by atoms with Crippen LogP contribution in [0.25, 0.3) is 11.3 Å². The largest absolute Gasteiger partial charge is 0.398 e. The van der Waals surface area contributed by atoms with Gasteiger partial charge in [0.2, 0.25) is 0 Å². The third kappa shape index (κ3) is 1.26. The molecular formula is C14H18N2. The highest BCUT2D eigenvalue weighted by molar-refractivity contribution is 5.66. The normalized spacial score (nSPS) is 17.6. The van der Waals surface area contributed by atoms with Gasteiger partial charge < -0.3 is 11.1 Å². The molecule has 0 saturated carbocycles. The maximum atomic E-state index is 6.15. The molecule has 0 saturated heterocycles. The summed E-state index contributed by atoms with van der Waals surface area (Å²) in [5.74, 6) is 0. The second-order valence-corrected chi connectivity index (χ2v) is 4.68. The van der Waals surface area contributed by atoms with Crippen molar-refractivity contribution in [2.45, 2.75) is 32.6 Å². The van der Waals surface area contributed by atoms with E-state index in [9.17, 15) is 0 Å². The van der Waals surface area contributed by atoms with Gasteiger partial charge >= 0.3 is 0 Å². The average Bonchev–Trinajstić information content (AvgIpc) is 2.70. The topological polar surface area (TPSA) is 38.0 Å². The van der Waals surface area contributed by atoms with Gasteiger partial charge in [-0.3, -0.25) is 0 Å². The molecule has 2 nitrogen and oxygen atoms in total. The zero-order valence-corrected chi connectivity index (χ0v) is 9.77. The SMILES string of the molecule is CCNC1=c2c(N)ccc3c2=C(CC1)CC3. The van der Waals surface area contributed by atoms with Crippen LogP contribution in [0.5, 0.6) is 0 Å². The fourth-order valence-electron chi connectivity index (χ4n) is 3.05. The molecule has 0 aromatic heterocycles. The Labute approximate surface area is 95.8 Å². The van der Waals surface area contributed by atoms with Crippen LogP contribution in [0.1, 0.15) is 31.7 Å². The molecule has 0 fully saturated rings. The number of hydrogen-bond donors (Lipinski definition) is 2. The van der Waals surface area contributed by atoms with Gasteiger partial charge in [-0.15, -0.1) is 0 Å². The van der Waals surface area contributed by atoms with E-state index in [0.29, 0.717) is 0 Å². The van der Waals surface area contributed by atoms with Gasteiger partial charge in [-0.25, -0.2) is 0 Å². The Morgan fingerprint density at radius 1 is 1.12 bits per heavy atom. The van der Waals surface area contributed by atoms with Crippen molar-refractivity contribution in [2.24, 2.45) is 0 Å². The molecular weight excluding hydrogens is 196 g/mol. The number of rotatable bonds is 2. The summed E-state index contributed by atoms with van der Waals surface area (Å²) in [7, 11) is 0. The second kappa shape index (κ2) is 3.55. The maximum absolute atomic E-state index is 6.15. The van der Waals surface area contributed by atoms with Gasteiger partial charge in [0.15, 0.2) is 0 Å². The second-order valence-electron chi connectivity index (χ2n) is 4.68. The number of aryl methyl sites for hydroxylation is 1. The molecule has 0 bridgehead atoms. The van der Waals surface area contributed by atoms with Crippen molar-refractivity contribution < 1.29 is 0 Å². The smallest absolute Gasteiger partial charge is 0.0411 e. The quantitative estimate of drug-likeness (QED) is 0.717. The summed E-state index contributed by atoms with van der Waals surface area (Å²) in [6.07, 6.45) is 4.79. The minimum Gasteiger partial charge on any atom is -0.398 e. The third-order valence-electron chi connectivity index (χ3n) is 3.74. The van der Waals surface area contributed by atoms with Gasteiger partial charge in [0.05, 0.1) is 0 Å². The molecule has 0 spiro atoms. The lowest BCUT2D eigenvalue weighted by atomic mass is 9.97. The minimum absolute atomic E-state index is 0.939. The van der Waals surface area contributed by atoms with Crippen molar-refractivity contribution in [2.75, 3.05) is 12.3 Å². The van der Waals surface area contributed by atoms with Gasteiger partial charge in [-0.1, -0.05) is 11.6 Å². The van der Waals surface area contributed by atoms with Gasteiger partial charge in [-0.05, 0) is 49.5 Å². The summed E-state index contributed by atoms with van der Waals surface area (Å²) in [4.78, 5) is 0. The van der Waals surface area contributed by atoms with Crippen LogP contribution in [-0.4, -0.2) is 6.54 Å². The fourth-order valence-corrected chi connectivity index (χ4v) is 3.05. The molecule has 3 N–H and O–H groups in total. The van der Waals surface area contributed by atoms with E-state index in [1.165, 1.54) is 41.0 Å². The van der Waals surface area contributed by atoms with Gasteiger partial charge in [-0.2, -0.15) is 0 Å². The molecule has 0 heterocycles. The van der Waals surface area contributed by atoms with E-state index < -0.39 is 0 Å². The lowest BCUT2D eigenvalue weighted by Gasteiger charge is -2.16. The van der Waals surface area contributed by atoms with Crippen molar-refractivity contribution in [3.8, 4) is 0 Å². The summed E-state index contributed by atoms with van der Waals surface area (Å²) in [5.41, 5.74) is 11.6. The van der Waals surface area contributed by atoms with E-state index in [2.05, 4.69) is 24.4 Å². The first-order valence-corrected chi connectivity index (χ1v) is 6.17. The Balaban J connectivity index is 2.41. The first kappa shape index (κ1) is 9.76. The van der Waals surface area contributed by atoms with Crippen molar-refractivity contribution in [1.29, 1.82) is 0 Å². The molecule has 2 aliphatic carbocycles. The summed E-state index contributed by atoms with van der Waals surface area (Å²) < 4.78 is 0. The number of nitrogens with one attached hydrogen (secondary N) is 1. The number of nitrogens with two attached hydrogens (primary N) is 1. The molecule has 0 aliphatic heterocycles. The van der Waals surface area contributed by atoms with E-state index >= 15 is 0 Å². The Morgan fingerprint density at radius 3 is 2.75 bits per heavy atom. The van der Waals surface area contributed by atoms with E-state index in [1.54, 1.807) is 5.57 Å². The van der Waals surface area contributed by atoms with E-state index in [4.69, 9.17) is 5.73 Å². The number of hydrogen-bond acceptors (Lipinski definition) is 2. The first-order valence-electron chi connectivity index (χ1n) is 6.17. The Kier molecular flexibility index (Phi) is 2.16. The minimum atomic E-state index is 0.939. The molecule has 1 aromatic carbocycles. The summed E-state index contributed by atoms with van der Waals surface area (Å²) in [6, 6.07) is 4.27. The lowest BCUT2D eigenvalue weighted by Crippen LogP contribution is -2.38. The van der Waals surface area contributed by atoms with Crippen LogP contribution in [-0.2, 0) is 6.42 Å². The molecule has 0 unspecified atom stereocenters. The highest BCUT2D eigenvalue weighted by Gasteiger charge is 2.19. The third-order valence-corrected chi connectivity index (χ3v) is 3.74. The molecule has 0 amide bonds. The standard InChI is InChI=1S/C14H18N2/c1-2-16-12-8-6-10-4-3-9-5-7-11(15)14(12)13(9)10/h5,7,16H,2-4,6,8,15H2,1H3. The highest BCUT2D eigenvalue weighted by atomic mass is 14.9. The van der Waals surface area contributed by atoms with Crippen molar-refractivity contribution in [3.63, 3.8) is 0 Å². The first-order chi connectivity index (χ1) is 7.81. The zero-order chi connectivity index (χ0) is 11.1. The Bertz CT molecular complexity index is 555. The van der Waals surface area contributed by atoms with E-state index in [1.807, 2.05) is 0 Å². The molecule has 1 aromatic rings. The monoisotopic (exact) mass is 214 g/mol. The average molecular weight is 214 g/mol. The molecule has 0 radical (unpaired) electrons. The van der Waals surface area contributed by atoms with Crippen LogP contribution in [0.4, 0.5) is 5.69 Å². The molecule has 16 heavy (non-hydrogen) atoms. The van der Waals surface area contributed by atoms with Crippen LogP contribution >= 0.6 is 0 Å². The van der Waals surface area contributed by atoms with Crippen LogP contribution in [0.2, 0.25) is 0 Å². The van der Waals surface area contributed by atoms with Crippen LogP contribution in [0.15, 0.2) is 12.1 Å². The van der Waals surface area contributed by atoms with Crippen molar-refractivity contribution in [1.82, 2.24) is 5.32 Å². The van der Waals surface area contributed by atoms with Gasteiger partial charge in [0.25, 0.3) is 0 Å². The summed E-state index contributed by atoms with van der Waals surface area (Å²) in [6.45, 7) is 3.12. The lowest BCUT2D eigenvalue weighted by molar-refractivity contribution is 0.854. The fraction of sp³-hybridized carbons (Fsp3) is 0.429. The maximum Gasteiger partial charge on any atom is 0.0411 e. The predicted octanol–water partition coefficient (Wildman–Crippen LogP) is 0.877. The highest BCUT2D eigenvalue weighted by Crippen LogP contribution is 2.23. The van der Waals surface area contributed by atoms with Crippen LogP contribution in [0.3, 0.4) is 0 Å². The molecule has 84 valence electrons. The van der Waals surface area contributed by atoms with Crippen molar-refractivity contribution >= 4 is 17.0 Å². The van der Waals surface area contributed by atoms with Crippen molar-refractivity contribution in [3.05, 3.63) is 28.1 Å². The number of anilines is 1. The molecule has 2 aliphatic rings. The van der Waals surface area contributed by atoms with Gasteiger partial charge in [0.1, 0.15) is 0 Å². The Morgan fingerprint density at radius 2 is 1.94 bits per heavy atom. The predicted molar refractivity (Wildman–Crippen MR) is 68.2 cm³/mol. The zero-order valence-electron chi connectivity index (χ0n) is 9.77. The van der Waals surface area contributed by atoms with Crippen LogP contribution in [0, 0.1) is 0 Å². The van der Waals surface area contributed by atoms with Gasteiger partial charge in [0, 0.05) is 23.1 Å². The van der Waals surface area contributed by atoms with E-state index in [0.717, 1.165) is 18.7 Å². The summed E-state index contributed by atoms with van der Waals surface area (Å²) in [5, 5.41) is 6.26. The number of nitrogen functional groups attached to an aromatic ring is 1. The molecule has 3 rings (SSSR count). The molecule has 2 heteroatoms. The summed E-state index contributed by atoms with van der Waals surface area (Å²) >= 11 is 0. The Hall–Kier alpha value is -1.44. The van der Waals surface area contributed by atoms with E-state index in [-0.39, 0.29) is 0 Å². The molecule has 0 atom stereocenters. The van der Waals surface area contributed by atoms with Crippen LogP contribution < -0.4 is 21.5 Å². The number of benzene rings is 1.